The van der Waals surface area contributed by atoms with Gasteiger partial charge >= 0.3 is 0 Å². The van der Waals surface area contributed by atoms with Gasteiger partial charge in [0.2, 0.25) is 0 Å². The van der Waals surface area contributed by atoms with E-state index in [9.17, 15) is 0 Å². The minimum absolute atomic E-state index is 0.0792. The Bertz CT molecular complexity index is 178. The van der Waals surface area contributed by atoms with Gasteiger partial charge in [-0.2, -0.15) is 0 Å². The van der Waals surface area contributed by atoms with Crippen molar-refractivity contribution < 1.29 is 10.2 Å². The molecule has 0 aromatic heterocycles. The van der Waals surface area contributed by atoms with Crippen LogP contribution in [0.2, 0.25) is 0 Å². The summed E-state index contributed by atoms with van der Waals surface area (Å²) in [6.45, 7) is 1.87. The number of rotatable bonds is 2. The highest BCUT2D eigenvalue weighted by molar-refractivity contribution is 5.54. The number of hydrogen-bond donors (Lipinski definition) is 3. The summed E-state index contributed by atoms with van der Waals surface area (Å²) in [5.74, 6) is 0. The van der Waals surface area contributed by atoms with Crippen molar-refractivity contribution >= 4 is 0 Å². The third kappa shape index (κ3) is 0.509. The van der Waals surface area contributed by atoms with E-state index >= 15 is 0 Å². The second-order valence-electron chi connectivity index (χ2n) is 2.96. The number of nitrogens with one attached hydrogen (secondary N) is 1. The Balaban J connectivity index is 2.11. The fourth-order valence-electron chi connectivity index (χ4n) is 1.79. The van der Waals surface area contributed by atoms with E-state index < -0.39 is 0 Å². The zero-order valence-electron chi connectivity index (χ0n) is 5.72. The minimum Gasteiger partial charge on any atom is -0.395 e. The van der Waals surface area contributed by atoms with Gasteiger partial charge in [-0.15, -0.1) is 0 Å². The number of aliphatic hydroxyl groups excluding tert-OH is 2. The van der Waals surface area contributed by atoms with Crippen LogP contribution in [0.25, 0.3) is 0 Å². The molecule has 3 N–H and O–H groups in total. The predicted molar refractivity (Wildman–Crippen MR) is 36.5 cm³/mol. The molecule has 0 radical (unpaired) electrons. The fraction of sp³-hybridized carbons (Fsp3) is 0.714. The maximum atomic E-state index is 8.93. The van der Waals surface area contributed by atoms with Gasteiger partial charge in [0.25, 0.3) is 0 Å². The van der Waals surface area contributed by atoms with E-state index in [-0.39, 0.29) is 18.6 Å². The highest BCUT2D eigenvalue weighted by atomic mass is 16.3. The first-order valence-corrected chi connectivity index (χ1v) is 3.50. The zero-order valence-corrected chi connectivity index (χ0v) is 5.72. The summed E-state index contributed by atoms with van der Waals surface area (Å²) in [4.78, 5) is 0. The molecular weight excluding hydrogens is 130 g/mol. The van der Waals surface area contributed by atoms with Gasteiger partial charge in [-0.05, 0) is 11.1 Å². The highest BCUT2D eigenvalue weighted by Crippen LogP contribution is 2.53. The van der Waals surface area contributed by atoms with Gasteiger partial charge in [-0.1, -0.05) is 0 Å². The summed E-state index contributed by atoms with van der Waals surface area (Å²) in [5.41, 5.74) is 2.20. The van der Waals surface area contributed by atoms with Gasteiger partial charge in [0.15, 0.2) is 0 Å². The molecule has 3 nitrogen and oxygen atoms in total. The lowest BCUT2D eigenvalue weighted by Gasteiger charge is -2.17. The Kier molecular flexibility index (Phi) is 1.15. The lowest BCUT2D eigenvalue weighted by molar-refractivity contribution is 0.137. The molecule has 0 saturated carbocycles. The first-order valence-electron chi connectivity index (χ1n) is 3.50. The van der Waals surface area contributed by atoms with Crippen molar-refractivity contribution in [2.24, 2.45) is 5.41 Å². The second-order valence-corrected chi connectivity index (χ2v) is 2.96. The molecule has 3 heteroatoms. The van der Waals surface area contributed by atoms with Crippen LogP contribution in [0.15, 0.2) is 11.1 Å². The average Bonchev–Trinajstić information content (AvgIpc) is 2.40. The number of hydrogen-bond acceptors (Lipinski definition) is 3. The Hall–Kier alpha value is -0.380. The smallest absolute Gasteiger partial charge is 0.0615 e. The molecule has 0 fully saturated rings. The molecule has 2 rings (SSSR count). The minimum atomic E-state index is -0.273. The van der Waals surface area contributed by atoms with E-state index in [4.69, 9.17) is 10.2 Å². The molecular formula is C7H11NO2. The Morgan fingerprint density at radius 3 is 2.00 bits per heavy atom. The molecule has 1 heterocycles. The van der Waals surface area contributed by atoms with Crippen molar-refractivity contribution in [1.29, 1.82) is 0 Å². The quantitative estimate of drug-likeness (QED) is 0.426. The van der Waals surface area contributed by atoms with Gasteiger partial charge < -0.3 is 15.5 Å². The van der Waals surface area contributed by atoms with Crippen molar-refractivity contribution in [2.75, 3.05) is 26.3 Å². The Morgan fingerprint density at radius 1 is 1.20 bits per heavy atom. The van der Waals surface area contributed by atoms with Gasteiger partial charge in [0, 0.05) is 13.1 Å². The molecule has 1 aliphatic heterocycles. The molecule has 2 aliphatic rings. The molecule has 10 heavy (non-hydrogen) atoms. The molecule has 0 aromatic rings. The molecule has 56 valence electrons. The van der Waals surface area contributed by atoms with E-state index in [0.717, 1.165) is 13.1 Å². The molecule has 0 saturated heterocycles. The van der Waals surface area contributed by atoms with Gasteiger partial charge in [0.1, 0.15) is 0 Å². The van der Waals surface area contributed by atoms with Crippen LogP contribution in [-0.4, -0.2) is 36.5 Å². The summed E-state index contributed by atoms with van der Waals surface area (Å²) in [6.07, 6.45) is 0. The topological polar surface area (TPSA) is 52.5 Å². The zero-order chi connectivity index (χ0) is 7.19. The average molecular weight is 141 g/mol. The maximum Gasteiger partial charge on any atom is 0.0615 e. The van der Waals surface area contributed by atoms with Crippen LogP contribution in [0.4, 0.5) is 0 Å². The lowest BCUT2D eigenvalue weighted by atomic mass is 9.98. The summed E-state index contributed by atoms with van der Waals surface area (Å²) in [5, 5.41) is 21.0. The molecule has 0 aromatic carbocycles. The molecule has 0 spiro atoms. The first-order chi connectivity index (χ1) is 4.85. The summed E-state index contributed by atoms with van der Waals surface area (Å²) in [6, 6.07) is 0. The van der Waals surface area contributed by atoms with E-state index in [1.807, 2.05) is 0 Å². The third-order valence-corrected chi connectivity index (χ3v) is 2.60. The van der Waals surface area contributed by atoms with Crippen molar-refractivity contribution in [3.05, 3.63) is 11.1 Å². The van der Waals surface area contributed by atoms with Crippen LogP contribution in [0.5, 0.6) is 0 Å². The Morgan fingerprint density at radius 2 is 1.70 bits per heavy atom. The van der Waals surface area contributed by atoms with Crippen LogP contribution >= 0.6 is 0 Å². The molecule has 0 amide bonds. The van der Waals surface area contributed by atoms with Crippen LogP contribution in [0, 0.1) is 5.41 Å². The van der Waals surface area contributed by atoms with Crippen LogP contribution in [0.1, 0.15) is 0 Å². The number of aliphatic hydroxyl groups is 2. The van der Waals surface area contributed by atoms with E-state index in [0.29, 0.717) is 0 Å². The molecule has 1 aliphatic carbocycles. The lowest BCUT2D eigenvalue weighted by Crippen LogP contribution is -2.29. The third-order valence-electron chi connectivity index (χ3n) is 2.60. The van der Waals surface area contributed by atoms with Crippen molar-refractivity contribution in [3.8, 4) is 0 Å². The fourth-order valence-corrected chi connectivity index (χ4v) is 1.79. The first kappa shape index (κ1) is 6.34. The SMILES string of the molecule is OCC1(CO)C2=C1CNC2. The maximum absolute atomic E-state index is 8.93. The normalized spacial score (nSPS) is 27.0. The van der Waals surface area contributed by atoms with E-state index in [1.54, 1.807) is 0 Å². The summed E-state index contributed by atoms with van der Waals surface area (Å²) >= 11 is 0. The molecule has 0 atom stereocenters. The largest absolute Gasteiger partial charge is 0.395 e. The second kappa shape index (κ2) is 1.81. The predicted octanol–water partition coefficient (Wildman–Crippen LogP) is -1.13. The standard InChI is InChI=1S/C7H11NO2/c9-3-7(4-10)5-1-8-2-6(5)7/h8-10H,1-4H2. The van der Waals surface area contributed by atoms with Crippen molar-refractivity contribution in [2.45, 2.75) is 0 Å². The van der Waals surface area contributed by atoms with Crippen LogP contribution in [0.3, 0.4) is 0 Å². The monoisotopic (exact) mass is 141 g/mol. The highest BCUT2D eigenvalue weighted by Gasteiger charge is 2.53. The van der Waals surface area contributed by atoms with Crippen molar-refractivity contribution in [1.82, 2.24) is 5.32 Å². The van der Waals surface area contributed by atoms with Gasteiger partial charge in [-0.25, -0.2) is 0 Å². The summed E-state index contributed by atoms with van der Waals surface area (Å²) in [7, 11) is 0. The van der Waals surface area contributed by atoms with Gasteiger partial charge in [0.05, 0.1) is 18.6 Å². The Labute approximate surface area is 59.4 Å². The number of piperidine rings is 1. The summed E-state index contributed by atoms with van der Waals surface area (Å²) < 4.78 is 0. The molecule has 0 unspecified atom stereocenters. The van der Waals surface area contributed by atoms with Crippen molar-refractivity contribution in [3.63, 3.8) is 0 Å². The molecule has 0 bridgehead atoms. The van der Waals surface area contributed by atoms with E-state index in [1.165, 1.54) is 11.1 Å². The van der Waals surface area contributed by atoms with E-state index in [2.05, 4.69) is 5.32 Å². The van der Waals surface area contributed by atoms with Crippen LogP contribution < -0.4 is 5.32 Å². The van der Waals surface area contributed by atoms with Crippen LogP contribution in [-0.2, 0) is 0 Å². The van der Waals surface area contributed by atoms with Gasteiger partial charge in [-0.3, -0.25) is 0 Å².